The molecule has 2 aromatic carbocycles. The van der Waals surface area contributed by atoms with Gasteiger partial charge in [0.1, 0.15) is 17.1 Å². The Morgan fingerprint density at radius 1 is 1.16 bits per heavy atom. The molecule has 0 atom stereocenters. The summed E-state index contributed by atoms with van der Waals surface area (Å²) in [7, 11) is -3.74. The quantitative estimate of drug-likeness (QED) is 0.519. The summed E-state index contributed by atoms with van der Waals surface area (Å²) in [5.74, 6) is 1.29. The van der Waals surface area contributed by atoms with Crippen molar-refractivity contribution in [3.8, 4) is 5.75 Å². The van der Waals surface area contributed by atoms with Crippen LogP contribution in [0.1, 0.15) is 41.9 Å². The molecule has 1 amide bonds. The Kier molecular flexibility index (Phi) is 6.76. The lowest BCUT2D eigenvalue weighted by molar-refractivity contribution is -0.116. The molecule has 0 radical (unpaired) electrons. The number of hydrogen-bond donors (Lipinski definition) is 2. The van der Waals surface area contributed by atoms with E-state index in [0.29, 0.717) is 12.4 Å². The van der Waals surface area contributed by atoms with Gasteiger partial charge < -0.3 is 14.5 Å². The monoisotopic (exact) mass is 456 g/mol. The van der Waals surface area contributed by atoms with Crippen LogP contribution in [-0.2, 0) is 21.4 Å². The third-order valence-corrected chi connectivity index (χ3v) is 6.36. The van der Waals surface area contributed by atoms with Gasteiger partial charge in [-0.05, 0) is 69.5 Å². The number of rotatable bonds is 7. The number of carbonyl (C=O) groups is 1. The fourth-order valence-electron chi connectivity index (χ4n) is 3.55. The second-order valence-corrected chi connectivity index (χ2v) is 9.27. The van der Waals surface area contributed by atoms with Crippen molar-refractivity contribution >= 4 is 32.5 Å². The summed E-state index contributed by atoms with van der Waals surface area (Å²) in [6.45, 7) is 10.4. The highest BCUT2D eigenvalue weighted by molar-refractivity contribution is 7.89. The smallest absolute Gasteiger partial charge is 0.244 e. The van der Waals surface area contributed by atoms with Gasteiger partial charge in [0, 0.05) is 29.1 Å². The molecule has 1 aromatic heterocycles. The van der Waals surface area contributed by atoms with Gasteiger partial charge in [-0.15, -0.1) is 0 Å². The highest BCUT2D eigenvalue weighted by atomic mass is 32.2. The number of sulfonamides is 1. The minimum absolute atomic E-state index is 0.0299. The highest BCUT2D eigenvalue weighted by Crippen LogP contribution is 2.38. The summed E-state index contributed by atoms with van der Waals surface area (Å²) in [4.78, 5) is 12.6. The van der Waals surface area contributed by atoms with E-state index in [1.165, 1.54) is 18.2 Å². The van der Waals surface area contributed by atoms with Crippen molar-refractivity contribution < 1.29 is 22.4 Å². The van der Waals surface area contributed by atoms with Gasteiger partial charge in [0.2, 0.25) is 15.9 Å². The molecular formula is C24H28N2O5S. The maximum atomic E-state index is 12.6. The Labute approximate surface area is 188 Å². The van der Waals surface area contributed by atoms with Gasteiger partial charge in [-0.1, -0.05) is 12.1 Å². The molecule has 0 bridgehead atoms. The van der Waals surface area contributed by atoms with Gasteiger partial charge in [-0.25, -0.2) is 13.6 Å². The largest absolute Gasteiger partial charge is 0.493 e. The molecule has 32 heavy (non-hydrogen) atoms. The van der Waals surface area contributed by atoms with E-state index in [1.54, 1.807) is 12.1 Å². The van der Waals surface area contributed by atoms with E-state index in [-0.39, 0.29) is 17.3 Å². The molecule has 0 fully saturated rings. The molecule has 0 aliphatic rings. The summed E-state index contributed by atoms with van der Waals surface area (Å²) in [5, 5.41) is 8.93. The predicted octanol–water partition coefficient (Wildman–Crippen LogP) is 4.12. The molecule has 0 aliphatic carbocycles. The van der Waals surface area contributed by atoms with Gasteiger partial charge in [-0.3, -0.25) is 4.79 Å². The maximum absolute atomic E-state index is 12.6. The lowest BCUT2D eigenvalue weighted by atomic mass is 9.98. The number of carbonyl (C=O) groups excluding carboxylic acids is 1. The number of nitrogens with two attached hydrogens (primary N) is 1. The molecule has 8 heteroatoms. The van der Waals surface area contributed by atoms with Crippen LogP contribution in [0.4, 0.5) is 0 Å². The van der Waals surface area contributed by atoms with E-state index >= 15 is 0 Å². The zero-order valence-corrected chi connectivity index (χ0v) is 19.7. The van der Waals surface area contributed by atoms with Crippen LogP contribution in [0.3, 0.4) is 0 Å². The third-order valence-electron chi connectivity index (χ3n) is 5.43. The number of primary sulfonamides is 1. The molecule has 7 nitrogen and oxygen atoms in total. The predicted molar refractivity (Wildman–Crippen MR) is 125 cm³/mol. The number of aryl methyl sites for hydroxylation is 3. The SMILES string of the molecule is CCOc1c(/C(C)=C/C(=O)NCc2ccc(S(N)(=O)=O)cc2)cc2c(C)c(C)oc2c1C. The van der Waals surface area contributed by atoms with Crippen LogP contribution in [0, 0.1) is 20.8 Å². The van der Waals surface area contributed by atoms with Crippen LogP contribution in [0.2, 0.25) is 0 Å². The molecule has 170 valence electrons. The van der Waals surface area contributed by atoms with Crippen LogP contribution in [0.5, 0.6) is 5.75 Å². The Morgan fingerprint density at radius 2 is 1.81 bits per heavy atom. The summed E-state index contributed by atoms with van der Waals surface area (Å²) in [6.07, 6.45) is 1.53. The van der Waals surface area contributed by atoms with E-state index in [1.807, 2.05) is 40.7 Å². The van der Waals surface area contributed by atoms with E-state index < -0.39 is 10.0 Å². The molecule has 3 N–H and O–H groups in total. The zero-order valence-electron chi connectivity index (χ0n) is 18.9. The first-order chi connectivity index (χ1) is 15.0. The van der Waals surface area contributed by atoms with E-state index in [0.717, 1.165) is 44.6 Å². The third kappa shape index (κ3) is 4.87. The maximum Gasteiger partial charge on any atom is 0.244 e. The Morgan fingerprint density at radius 3 is 2.41 bits per heavy atom. The highest BCUT2D eigenvalue weighted by Gasteiger charge is 2.19. The summed E-state index contributed by atoms with van der Waals surface area (Å²) >= 11 is 0. The minimum atomic E-state index is -3.74. The lowest BCUT2D eigenvalue weighted by Crippen LogP contribution is -2.20. The average molecular weight is 457 g/mol. The standard InChI is InChI=1S/C24H28N2O5S/c1-6-30-23-16(4)24-21(15(3)17(5)31-24)12-20(23)14(2)11-22(27)26-13-18-7-9-19(10-8-18)32(25,28)29/h7-12H,6,13H2,1-5H3,(H,26,27)(H2,25,28,29)/b14-11+. The van der Waals surface area contributed by atoms with Crippen LogP contribution in [-0.4, -0.2) is 20.9 Å². The first kappa shape index (κ1) is 23.6. The van der Waals surface area contributed by atoms with Crippen LogP contribution in [0.25, 0.3) is 16.5 Å². The van der Waals surface area contributed by atoms with Gasteiger partial charge in [0.25, 0.3) is 0 Å². The van der Waals surface area contributed by atoms with E-state index in [4.69, 9.17) is 14.3 Å². The van der Waals surface area contributed by atoms with Crippen molar-refractivity contribution in [3.05, 3.63) is 64.4 Å². The van der Waals surface area contributed by atoms with Gasteiger partial charge in [-0.2, -0.15) is 0 Å². The minimum Gasteiger partial charge on any atom is -0.493 e. The van der Waals surface area contributed by atoms with E-state index in [2.05, 4.69) is 5.32 Å². The Balaban J connectivity index is 1.85. The van der Waals surface area contributed by atoms with Crippen molar-refractivity contribution in [1.29, 1.82) is 0 Å². The fraction of sp³-hybridized carbons (Fsp3) is 0.292. The Bertz CT molecular complexity index is 1300. The van der Waals surface area contributed by atoms with Crippen LogP contribution in [0.15, 0.2) is 45.7 Å². The van der Waals surface area contributed by atoms with Crippen molar-refractivity contribution in [2.24, 2.45) is 5.14 Å². The van der Waals surface area contributed by atoms with Crippen molar-refractivity contribution in [2.45, 2.75) is 46.1 Å². The van der Waals surface area contributed by atoms with Crippen molar-refractivity contribution in [3.63, 3.8) is 0 Å². The number of allylic oxidation sites excluding steroid dienone is 1. The number of benzene rings is 2. The molecule has 3 rings (SSSR count). The van der Waals surface area contributed by atoms with Gasteiger partial charge >= 0.3 is 0 Å². The number of furan rings is 1. The normalized spacial score (nSPS) is 12.2. The van der Waals surface area contributed by atoms with Crippen LogP contribution >= 0.6 is 0 Å². The topological polar surface area (TPSA) is 112 Å². The molecule has 0 spiro atoms. The molecule has 1 heterocycles. The molecule has 0 saturated carbocycles. The van der Waals surface area contributed by atoms with Crippen molar-refractivity contribution in [1.82, 2.24) is 5.32 Å². The first-order valence-electron chi connectivity index (χ1n) is 10.3. The fourth-order valence-corrected chi connectivity index (χ4v) is 4.06. The summed E-state index contributed by atoms with van der Waals surface area (Å²) in [6, 6.07) is 8.07. The number of amides is 1. The number of hydrogen-bond acceptors (Lipinski definition) is 5. The molecular weight excluding hydrogens is 428 g/mol. The summed E-state index contributed by atoms with van der Waals surface area (Å²) in [5.41, 5.74) is 5.12. The molecule has 0 saturated heterocycles. The first-order valence-corrected chi connectivity index (χ1v) is 11.8. The molecule has 0 unspecified atom stereocenters. The second-order valence-electron chi connectivity index (χ2n) is 7.71. The Hall–Kier alpha value is -3.10. The van der Waals surface area contributed by atoms with Crippen molar-refractivity contribution in [2.75, 3.05) is 6.61 Å². The number of ether oxygens (including phenoxy) is 1. The van der Waals surface area contributed by atoms with Gasteiger partial charge in [0.05, 0.1) is 11.5 Å². The van der Waals surface area contributed by atoms with Gasteiger partial charge in [0.15, 0.2) is 0 Å². The summed E-state index contributed by atoms with van der Waals surface area (Å²) < 4.78 is 34.5. The molecule has 3 aromatic rings. The molecule has 0 aliphatic heterocycles. The zero-order chi connectivity index (χ0) is 23.6. The van der Waals surface area contributed by atoms with Crippen LogP contribution < -0.4 is 15.2 Å². The second kappa shape index (κ2) is 9.18. The number of fused-ring (bicyclic) bond motifs is 1. The lowest BCUT2D eigenvalue weighted by Gasteiger charge is -2.14. The number of nitrogens with one attached hydrogen (secondary N) is 1. The van der Waals surface area contributed by atoms with E-state index in [9.17, 15) is 13.2 Å². The average Bonchev–Trinajstić information content (AvgIpc) is 3.02.